The van der Waals surface area contributed by atoms with Crippen LogP contribution in [-0.2, 0) is 36.9 Å². The van der Waals surface area contributed by atoms with Crippen LogP contribution in [0.25, 0.3) is 0 Å². The second-order valence-corrected chi connectivity index (χ2v) is 6.02. The second-order valence-electron chi connectivity index (χ2n) is 3.96. The van der Waals surface area contributed by atoms with Crippen LogP contribution in [-0.4, -0.2) is 49.6 Å². The Labute approximate surface area is 116 Å². The van der Waals surface area contributed by atoms with Gasteiger partial charge in [-0.2, -0.15) is 5.10 Å². The van der Waals surface area contributed by atoms with Crippen molar-refractivity contribution in [2.75, 3.05) is 19.5 Å². The van der Waals surface area contributed by atoms with E-state index in [2.05, 4.69) is 9.84 Å². The van der Waals surface area contributed by atoms with Crippen LogP contribution < -0.4 is 0 Å². The minimum atomic E-state index is -3.75. The van der Waals surface area contributed by atoms with E-state index in [0.717, 1.165) is 7.11 Å². The number of rotatable bonds is 6. The van der Waals surface area contributed by atoms with Gasteiger partial charge in [0.25, 0.3) is 0 Å². The molecule has 0 fully saturated rings. The van der Waals surface area contributed by atoms with Crippen LogP contribution in [0.5, 0.6) is 0 Å². The lowest BCUT2D eigenvalue weighted by Gasteiger charge is -2.06. The van der Waals surface area contributed by atoms with E-state index in [0.29, 0.717) is 0 Å². The summed E-state index contributed by atoms with van der Waals surface area (Å²) in [6.45, 7) is 1.81. The number of sulfone groups is 1. The number of methoxy groups -OCH3 is 1. The fourth-order valence-corrected chi connectivity index (χ4v) is 2.85. The first-order chi connectivity index (χ1) is 9.30. The van der Waals surface area contributed by atoms with Gasteiger partial charge in [-0.15, -0.1) is 0 Å². The van der Waals surface area contributed by atoms with Gasteiger partial charge in [0.15, 0.2) is 9.84 Å². The van der Waals surface area contributed by atoms with E-state index in [1.165, 1.54) is 17.9 Å². The molecule has 1 heterocycles. The van der Waals surface area contributed by atoms with Crippen molar-refractivity contribution in [1.29, 1.82) is 0 Å². The molecule has 9 heteroatoms. The summed E-state index contributed by atoms with van der Waals surface area (Å²) in [5, 5.41) is 3.84. The van der Waals surface area contributed by atoms with E-state index in [1.807, 2.05) is 0 Å². The third-order valence-corrected chi connectivity index (χ3v) is 3.87. The highest BCUT2D eigenvalue weighted by Crippen LogP contribution is 2.14. The summed E-state index contributed by atoms with van der Waals surface area (Å²) in [6, 6.07) is 0. The summed E-state index contributed by atoms with van der Waals surface area (Å²) >= 11 is 0. The van der Waals surface area contributed by atoms with E-state index in [9.17, 15) is 18.0 Å². The molecule has 0 aromatic carbocycles. The predicted octanol–water partition coefficient (Wildman–Crippen LogP) is -0.315. The van der Waals surface area contributed by atoms with Crippen LogP contribution >= 0.6 is 0 Å². The Morgan fingerprint density at radius 1 is 1.40 bits per heavy atom. The van der Waals surface area contributed by atoms with Gasteiger partial charge in [0.05, 0.1) is 31.4 Å². The minimum Gasteiger partial charge on any atom is -0.468 e. The van der Waals surface area contributed by atoms with Crippen molar-refractivity contribution >= 4 is 21.8 Å². The average Bonchev–Trinajstić information content (AvgIpc) is 2.70. The predicted molar refractivity (Wildman–Crippen MR) is 68.7 cm³/mol. The molecule has 8 nitrogen and oxygen atoms in total. The van der Waals surface area contributed by atoms with Crippen molar-refractivity contribution in [2.45, 2.75) is 12.7 Å². The molecule has 0 radical (unpaired) electrons. The highest BCUT2D eigenvalue weighted by Gasteiger charge is 2.25. The lowest BCUT2D eigenvalue weighted by Crippen LogP contribution is -2.21. The Kier molecular flexibility index (Phi) is 5.26. The van der Waals surface area contributed by atoms with Gasteiger partial charge < -0.3 is 9.47 Å². The number of nitrogens with zero attached hydrogens (tertiary/aromatic N) is 2. The van der Waals surface area contributed by atoms with Crippen molar-refractivity contribution < 1.29 is 27.5 Å². The molecule has 0 N–H and O–H groups in total. The number of carbonyl (C=O) groups is 2. The summed E-state index contributed by atoms with van der Waals surface area (Å²) in [7, 11) is -1.14. The van der Waals surface area contributed by atoms with E-state index in [1.54, 1.807) is 6.92 Å². The van der Waals surface area contributed by atoms with Gasteiger partial charge in [-0.1, -0.05) is 0 Å². The van der Waals surface area contributed by atoms with Gasteiger partial charge in [-0.3, -0.25) is 9.48 Å². The van der Waals surface area contributed by atoms with Crippen LogP contribution in [0.2, 0.25) is 0 Å². The molecule has 20 heavy (non-hydrogen) atoms. The molecule has 1 aromatic rings. The van der Waals surface area contributed by atoms with Crippen LogP contribution in [0.4, 0.5) is 0 Å². The molecule has 0 unspecified atom stereocenters. The topological polar surface area (TPSA) is 105 Å². The molecular weight excluding hydrogens is 288 g/mol. The zero-order valence-corrected chi connectivity index (χ0v) is 12.3. The van der Waals surface area contributed by atoms with Gasteiger partial charge >= 0.3 is 11.9 Å². The third-order valence-electron chi connectivity index (χ3n) is 2.48. The van der Waals surface area contributed by atoms with Gasteiger partial charge in [0.1, 0.15) is 11.3 Å². The molecule has 0 aliphatic carbocycles. The van der Waals surface area contributed by atoms with Gasteiger partial charge in [-0.05, 0) is 6.92 Å². The highest BCUT2D eigenvalue weighted by atomic mass is 32.2. The molecule has 0 saturated carbocycles. The zero-order chi connectivity index (χ0) is 15.3. The average molecular weight is 304 g/mol. The number of hydrogen-bond acceptors (Lipinski definition) is 7. The maximum absolute atomic E-state index is 11.9. The molecule has 0 atom stereocenters. The Bertz CT molecular complexity index is 604. The monoisotopic (exact) mass is 304 g/mol. The summed E-state index contributed by atoms with van der Waals surface area (Å²) in [5.41, 5.74) is 0.246. The number of esters is 2. The molecule has 0 saturated heterocycles. The number of ether oxygens (including phenoxy) is 2. The largest absolute Gasteiger partial charge is 0.468 e. The standard InChI is InChI=1S/C11H16N2O6S/c1-4-19-11(15)8-5-12-13(2)9(8)6-20(16,17)7-10(14)18-3/h5H,4,6-7H2,1-3H3. The minimum absolute atomic E-state index is 0.0720. The third kappa shape index (κ3) is 4.05. The Hall–Kier alpha value is -1.90. The van der Waals surface area contributed by atoms with Crippen LogP contribution in [0.15, 0.2) is 6.20 Å². The van der Waals surface area contributed by atoms with Gasteiger partial charge in [0, 0.05) is 7.05 Å². The molecule has 112 valence electrons. The van der Waals surface area contributed by atoms with E-state index in [-0.39, 0.29) is 17.9 Å². The van der Waals surface area contributed by atoms with E-state index in [4.69, 9.17) is 4.74 Å². The molecule has 0 aliphatic heterocycles. The molecule has 1 aromatic heterocycles. The van der Waals surface area contributed by atoms with Gasteiger partial charge in [0.2, 0.25) is 0 Å². The first kappa shape index (κ1) is 16.2. The van der Waals surface area contributed by atoms with E-state index >= 15 is 0 Å². The Balaban J connectivity index is 3.00. The van der Waals surface area contributed by atoms with Crippen molar-refractivity contribution in [1.82, 2.24) is 9.78 Å². The summed E-state index contributed by atoms with van der Waals surface area (Å²) < 4.78 is 34.1. The van der Waals surface area contributed by atoms with Crippen molar-refractivity contribution in [2.24, 2.45) is 7.05 Å². The lowest BCUT2D eigenvalue weighted by molar-refractivity contribution is -0.137. The molecule has 0 spiro atoms. The van der Waals surface area contributed by atoms with Crippen molar-refractivity contribution in [3.63, 3.8) is 0 Å². The molecule has 0 aliphatic rings. The first-order valence-electron chi connectivity index (χ1n) is 5.76. The normalized spacial score (nSPS) is 11.2. The second kappa shape index (κ2) is 6.51. The highest BCUT2D eigenvalue weighted by molar-refractivity contribution is 7.91. The first-order valence-corrected chi connectivity index (χ1v) is 7.58. The van der Waals surface area contributed by atoms with Crippen LogP contribution in [0, 0.1) is 0 Å². The molecule has 1 rings (SSSR count). The summed E-state index contributed by atoms with van der Waals surface area (Å²) in [4.78, 5) is 22.7. The summed E-state index contributed by atoms with van der Waals surface area (Å²) in [5.74, 6) is -2.75. The fraction of sp³-hybridized carbons (Fsp3) is 0.545. The molecule has 0 amide bonds. The van der Waals surface area contributed by atoms with E-state index < -0.39 is 33.3 Å². The Morgan fingerprint density at radius 2 is 2.05 bits per heavy atom. The maximum atomic E-state index is 11.9. The number of hydrogen-bond donors (Lipinski definition) is 0. The number of aromatic nitrogens is 2. The lowest BCUT2D eigenvalue weighted by atomic mass is 10.3. The van der Waals surface area contributed by atoms with Gasteiger partial charge in [-0.25, -0.2) is 13.2 Å². The van der Waals surface area contributed by atoms with Crippen LogP contribution in [0.3, 0.4) is 0 Å². The molecular formula is C11H16N2O6S. The number of carbonyl (C=O) groups excluding carboxylic acids is 2. The zero-order valence-electron chi connectivity index (χ0n) is 11.5. The van der Waals surface area contributed by atoms with Crippen molar-refractivity contribution in [3.8, 4) is 0 Å². The van der Waals surface area contributed by atoms with Crippen LogP contribution in [0.1, 0.15) is 23.0 Å². The summed E-state index contributed by atoms with van der Waals surface area (Å²) in [6.07, 6.45) is 1.24. The Morgan fingerprint density at radius 3 is 2.60 bits per heavy atom. The SMILES string of the molecule is CCOC(=O)c1cnn(C)c1CS(=O)(=O)CC(=O)OC. The quantitative estimate of drug-likeness (QED) is 0.663. The molecule has 0 bridgehead atoms. The number of aryl methyl sites for hydroxylation is 1. The fourth-order valence-electron chi connectivity index (χ4n) is 1.51. The smallest absolute Gasteiger partial charge is 0.341 e. The van der Waals surface area contributed by atoms with Crippen molar-refractivity contribution in [3.05, 3.63) is 17.5 Å². The maximum Gasteiger partial charge on any atom is 0.341 e.